The van der Waals surface area contributed by atoms with Crippen LogP contribution in [-0.4, -0.2) is 51.0 Å². The Morgan fingerprint density at radius 1 is 1.37 bits per heavy atom. The Labute approximate surface area is 162 Å². The van der Waals surface area contributed by atoms with E-state index in [0.29, 0.717) is 24.1 Å². The molecule has 0 radical (unpaired) electrons. The number of hydrogen-bond donors (Lipinski definition) is 1. The molecule has 0 aromatic carbocycles. The molecule has 2 fully saturated rings. The minimum atomic E-state index is -0.523. The topological polar surface area (TPSA) is 75.9 Å². The normalized spacial score (nSPS) is 25.0. The molecule has 146 valence electrons. The van der Waals surface area contributed by atoms with Gasteiger partial charge in [0.1, 0.15) is 11.3 Å². The van der Waals surface area contributed by atoms with Gasteiger partial charge in [-0.15, -0.1) is 11.3 Å². The lowest BCUT2D eigenvalue weighted by Gasteiger charge is -2.30. The first kappa shape index (κ1) is 18.3. The van der Waals surface area contributed by atoms with Crippen molar-refractivity contribution in [3.8, 4) is 0 Å². The van der Waals surface area contributed by atoms with Crippen molar-refractivity contribution < 1.29 is 14.3 Å². The molecule has 2 unspecified atom stereocenters. The zero-order chi connectivity index (χ0) is 19.2. The monoisotopic (exact) mass is 390 g/mol. The number of nitrogens with one attached hydrogen (secondary N) is 1. The largest absolute Gasteiger partial charge is 0.444 e. The van der Waals surface area contributed by atoms with Gasteiger partial charge in [0.05, 0.1) is 12.2 Å². The summed E-state index contributed by atoms with van der Waals surface area (Å²) in [6.07, 6.45) is 6.61. The van der Waals surface area contributed by atoms with Crippen molar-refractivity contribution in [2.24, 2.45) is 11.8 Å². The number of imidazole rings is 1. The fraction of sp³-hybridized carbons (Fsp3) is 0.632. The van der Waals surface area contributed by atoms with Gasteiger partial charge in [-0.3, -0.25) is 9.20 Å². The SMILES string of the molecule is CC(C)(C)OC(=O)N1CC2CCC[C@@H]2C1CNC(=O)c1cnc2sccn12. The predicted molar refractivity (Wildman–Crippen MR) is 103 cm³/mol. The number of fused-ring (bicyclic) bond motifs is 2. The number of hydrogen-bond acceptors (Lipinski definition) is 5. The van der Waals surface area contributed by atoms with E-state index in [2.05, 4.69) is 10.3 Å². The average Bonchev–Trinajstić information content (AvgIpc) is 3.31. The summed E-state index contributed by atoms with van der Waals surface area (Å²) in [6, 6.07) is -0.0119. The van der Waals surface area contributed by atoms with Gasteiger partial charge in [-0.25, -0.2) is 9.78 Å². The van der Waals surface area contributed by atoms with Gasteiger partial charge in [0.15, 0.2) is 4.96 Å². The Kier molecular flexibility index (Phi) is 4.61. The lowest BCUT2D eigenvalue weighted by atomic mass is 9.94. The van der Waals surface area contributed by atoms with Crippen LogP contribution in [0.5, 0.6) is 0 Å². The molecule has 8 heteroatoms. The smallest absolute Gasteiger partial charge is 0.410 e. The summed E-state index contributed by atoms with van der Waals surface area (Å²) in [6.45, 7) is 6.80. The van der Waals surface area contributed by atoms with Gasteiger partial charge in [-0.1, -0.05) is 6.42 Å². The average molecular weight is 391 g/mol. The van der Waals surface area contributed by atoms with E-state index < -0.39 is 5.60 Å². The third-order valence-corrected chi connectivity index (χ3v) is 6.29. The van der Waals surface area contributed by atoms with E-state index in [1.807, 2.05) is 37.2 Å². The molecule has 0 spiro atoms. The third-order valence-electron chi connectivity index (χ3n) is 5.52. The lowest BCUT2D eigenvalue weighted by Crippen LogP contribution is -2.47. The lowest BCUT2D eigenvalue weighted by molar-refractivity contribution is 0.0200. The fourth-order valence-corrected chi connectivity index (χ4v) is 5.08. The van der Waals surface area contributed by atoms with Crippen LogP contribution in [0.2, 0.25) is 0 Å². The van der Waals surface area contributed by atoms with E-state index in [9.17, 15) is 9.59 Å². The second-order valence-electron chi connectivity index (χ2n) is 8.46. The van der Waals surface area contributed by atoms with Crippen molar-refractivity contribution in [3.63, 3.8) is 0 Å². The molecule has 3 atom stereocenters. The zero-order valence-corrected chi connectivity index (χ0v) is 16.8. The van der Waals surface area contributed by atoms with Gasteiger partial charge < -0.3 is 15.0 Å². The number of amides is 2. The van der Waals surface area contributed by atoms with E-state index in [-0.39, 0.29) is 18.0 Å². The van der Waals surface area contributed by atoms with Crippen LogP contribution in [0, 0.1) is 11.8 Å². The van der Waals surface area contributed by atoms with Crippen molar-refractivity contribution in [1.29, 1.82) is 0 Å². The molecule has 1 saturated carbocycles. The van der Waals surface area contributed by atoms with Gasteiger partial charge in [0.2, 0.25) is 0 Å². The van der Waals surface area contributed by atoms with Crippen LogP contribution in [-0.2, 0) is 4.74 Å². The standard InChI is InChI=1S/C19H26N4O3S/c1-19(2,3)26-18(25)23-11-12-5-4-6-13(12)14(23)9-20-16(24)15-10-21-17-22(15)7-8-27-17/h7-8,10,12-14H,4-6,9,11H2,1-3H3,(H,20,24)/t12?,13-,14?/m0/s1. The summed E-state index contributed by atoms with van der Waals surface area (Å²) in [7, 11) is 0. The molecule has 2 amide bonds. The van der Waals surface area contributed by atoms with E-state index in [1.165, 1.54) is 17.8 Å². The number of likely N-dealkylation sites (tertiary alicyclic amines) is 1. The summed E-state index contributed by atoms with van der Waals surface area (Å²) in [4.78, 5) is 32.2. The molecule has 4 rings (SSSR count). The highest BCUT2D eigenvalue weighted by atomic mass is 32.1. The second-order valence-corrected chi connectivity index (χ2v) is 9.34. The van der Waals surface area contributed by atoms with E-state index in [4.69, 9.17) is 4.74 Å². The molecule has 2 aromatic rings. The van der Waals surface area contributed by atoms with Crippen molar-refractivity contribution in [3.05, 3.63) is 23.5 Å². The maximum absolute atomic E-state index is 12.7. The van der Waals surface area contributed by atoms with E-state index in [0.717, 1.165) is 24.3 Å². The maximum atomic E-state index is 12.7. The minimum absolute atomic E-state index is 0.0119. The Bertz CT molecular complexity index is 853. The highest BCUT2D eigenvalue weighted by Gasteiger charge is 2.47. The Morgan fingerprint density at radius 2 is 2.19 bits per heavy atom. The summed E-state index contributed by atoms with van der Waals surface area (Å²) in [5, 5.41) is 4.93. The Hall–Kier alpha value is -2.09. The quantitative estimate of drug-likeness (QED) is 0.873. The third kappa shape index (κ3) is 3.54. The molecule has 1 N–H and O–H groups in total. The number of aromatic nitrogens is 2. The number of nitrogens with zero attached hydrogens (tertiary/aromatic N) is 3. The molecule has 2 aromatic heterocycles. The predicted octanol–water partition coefficient (Wildman–Crippen LogP) is 3.16. The van der Waals surface area contributed by atoms with Gasteiger partial charge >= 0.3 is 6.09 Å². The summed E-state index contributed by atoms with van der Waals surface area (Å²) in [5.74, 6) is 0.786. The van der Waals surface area contributed by atoms with Gasteiger partial charge in [-0.2, -0.15) is 0 Å². The Balaban J connectivity index is 1.46. The summed E-state index contributed by atoms with van der Waals surface area (Å²) >= 11 is 1.49. The number of carbonyl (C=O) groups is 2. The molecule has 7 nitrogen and oxygen atoms in total. The van der Waals surface area contributed by atoms with Crippen LogP contribution < -0.4 is 5.32 Å². The summed E-state index contributed by atoms with van der Waals surface area (Å²) < 4.78 is 7.40. The van der Waals surface area contributed by atoms with Crippen LogP contribution >= 0.6 is 11.3 Å². The zero-order valence-electron chi connectivity index (χ0n) is 16.0. The number of rotatable bonds is 3. The highest BCUT2D eigenvalue weighted by molar-refractivity contribution is 7.15. The molecular weight excluding hydrogens is 364 g/mol. The van der Waals surface area contributed by atoms with Crippen LogP contribution in [0.15, 0.2) is 17.8 Å². The van der Waals surface area contributed by atoms with Gasteiger partial charge in [0, 0.05) is 24.7 Å². The first-order valence-corrected chi connectivity index (χ1v) is 10.4. The second kappa shape index (κ2) is 6.82. The molecule has 3 heterocycles. The Morgan fingerprint density at radius 3 is 2.96 bits per heavy atom. The van der Waals surface area contributed by atoms with E-state index >= 15 is 0 Å². The number of thiazole rings is 1. The van der Waals surface area contributed by atoms with Crippen molar-refractivity contribution in [2.45, 2.75) is 51.7 Å². The molecular formula is C19H26N4O3S. The first-order chi connectivity index (χ1) is 12.8. The van der Waals surface area contributed by atoms with Crippen LogP contribution in [0.1, 0.15) is 50.5 Å². The fourth-order valence-electron chi connectivity index (χ4n) is 4.39. The number of ether oxygens (including phenoxy) is 1. The molecule has 2 aliphatic rings. The van der Waals surface area contributed by atoms with Crippen molar-refractivity contribution in [1.82, 2.24) is 19.6 Å². The molecule has 0 bridgehead atoms. The molecule has 1 saturated heterocycles. The number of carbonyl (C=O) groups excluding carboxylic acids is 2. The van der Waals surface area contributed by atoms with Crippen LogP contribution in [0.4, 0.5) is 4.79 Å². The molecule has 1 aliphatic carbocycles. The summed E-state index contributed by atoms with van der Waals surface area (Å²) in [5.41, 5.74) is 0.00103. The van der Waals surface area contributed by atoms with Gasteiger partial charge in [-0.05, 0) is 45.4 Å². The van der Waals surface area contributed by atoms with E-state index in [1.54, 1.807) is 10.6 Å². The molecule has 1 aliphatic heterocycles. The van der Waals surface area contributed by atoms with Crippen LogP contribution in [0.25, 0.3) is 4.96 Å². The first-order valence-electron chi connectivity index (χ1n) is 9.52. The van der Waals surface area contributed by atoms with Crippen molar-refractivity contribution >= 4 is 28.3 Å². The molecule has 27 heavy (non-hydrogen) atoms. The van der Waals surface area contributed by atoms with Crippen molar-refractivity contribution in [2.75, 3.05) is 13.1 Å². The maximum Gasteiger partial charge on any atom is 0.410 e. The van der Waals surface area contributed by atoms with Crippen LogP contribution in [0.3, 0.4) is 0 Å². The van der Waals surface area contributed by atoms with Gasteiger partial charge in [0.25, 0.3) is 5.91 Å². The minimum Gasteiger partial charge on any atom is -0.444 e. The highest BCUT2D eigenvalue weighted by Crippen LogP contribution is 2.42.